The quantitative estimate of drug-likeness (QED) is 0.238. The van der Waals surface area contributed by atoms with Crippen molar-refractivity contribution in [2.24, 2.45) is 0 Å². The van der Waals surface area contributed by atoms with Gasteiger partial charge in [-0.15, -0.1) is 0 Å². The van der Waals surface area contributed by atoms with Crippen LogP contribution < -0.4 is 4.74 Å². The van der Waals surface area contributed by atoms with E-state index in [1.807, 2.05) is 30.3 Å². The molecule has 0 spiro atoms. The topological polar surface area (TPSA) is 22.4 Å². The van der Waals surface area contributed by atoms with Crippen molar-refractivity contribution in [3.63, 3.8) is 0 Å². The predicted molar refractivity (Wildman–Crippen MR) is 159 cm³/mol. The van der Waals surface area contributed by atoms with E-state index in [1.54, 1.807) is 0 Å². The normalized spacial score (nSPS) is 13.3. The first-order valence-corrected chi connectivity index (χ1v) is 13.3. The van der Waals surface area contributed by atoms with Gasteiger partial charge >= 0.3 is 0 Å². The summed E-state index contributed by atoms with van der Waals surface area (Å²) >= 11 is 0. The first-order valence-electron chi connectivity index (χ1n) is 13.3. The molecule has 0 bridgehead atoms. The lowest BCUT2D eigenvalue weighted by Gasteiger charge is -2.34. The molecule has 1 aliphatic heterocycles. The molecule has 0 atom stereocenters. The zero-order chi connectivity index (χ0) is 26.4. The Hall–Kier alpha value is -4.82. The van der Waals surface area contributed by atoms with E-state index in [0.717, 1.165) is 34.1 Å². The number of furan rings is 1. The number of para-hydroxylation sites is 1. The van der Waals surface area contributed by atoms with Gasteiger partial charge in [-0.2, -0.15) is 0 Å². The minimum atomic E-state index is -0.124. The summed E-state index contributed by atoms with van der Waals surface area (Å²) in [6, 6.07) is 46.5. The third-order valence-electron chi connectivity index (χ3n) is 7.82. The van der Waals surface area contributed by atoms with Crippen LogP contribution in [0.25, 0.3) is 44.9 Å². The van der Waals surface area contributed by atoms with Crippen molar-refractivity contribution < 1.29 is 9.15 Å². The highest BCUT2D eigenvalue weighted by Crippen LogP contribution is 2.48. The lowest BCUT2D eigenvalue weighted by molar-refractivity contribution is 0.418. The van der Waals surface area contributed by atoms with Gasteiger partial charge in [0.2, 0.25) is 0 Å². The van der Waals surface area contributed by atoms with Crippen LogP contribution in [-0.2, 0) is 5.41 Å². The summed E-state index contributed by atoms with van der Waals surface area (Å²) in [5.41, 5.74) is 9.15. The molecule has 0 unspecified atom stereocenters. The van der Waals surface area contributed by atoms with Crippen molar-refractivity contribution in [2.45, 2.75) is 19.3 Å². The second-order valence-electron chi connectivity index (χ2n) is 10.6. The van der Waals surface area contributed by atoms with Crippen LogP contribution in [0.4, 0.5) is 0 Å². The molecule has 0 amide bonds. The lowest BCUT2D eigenvalue weighted by atomic mass is 9.75. The molecular weight excluding hydrogens is 476 g/mol. The minimum Gasteiger partial charge on any atom is -0.457 e. The Morgan fingerprint density at radius 3 is 1.56 bits per heavy atom. The number of rotatable bonds is 4. The van der Waals surface area contributed by atoms with Gasteiger partial charge in [0.15, 0.2) is 0 Å². The molecule has 1 aromatic heterocycles. The Morgan fingerprint density at radius 2 is 0.897 bits per heavy atom. The fraction of sp³-hybridized carbons (Fsp3) is 0.0811. The fourth-order valence-electron chi connectivity index (χ4n) is 5.57. The monoisotopic (exact) mass is 504 g/mol. The van der Waals surface area contributed by atoms with Gasteiger partial charge in [0.25, 0.3) is 0 Å². The van der Waals surface area contributed by atoms with Crippen molar-refractivity contribution in [1.29, 1.82) is 0 Å². The van der Waals surface area contributed by atoms with Crippen molar-refractivity contribution in [1.82, 2.24) is 0 Å². The van der Waals surface area contributed by atoms with Crippen LogP contribution in [0.3, 0.4) is 0 Å². The van der Waals surface area contributed by atoms with E-state index >= 15 is 0 Å². The van der Waals surface area contributed by atoms with Crippen LogP contribution >= 0.6 is 0 Å². The zero-order valence-electron chi connectivity index (χ0n) is 22.0. The Morgan fingerprint density at radius 1 is 0.410 bits per heavy atom. The number of ether oxygens (including phenoxy) is 1. The van der Waals surface area contributed by atoms with Gasteiger partial charge in [0.05, 0.1) is 0 Å². The summed E-state index contributed by atoms with van der Waals surface area (Å²) < 4.78 is 12.6. The number of hydrogen-bond donors (Lipinski definition) is 0. The average Bonchev–Trinajstić information content (AvgIpc) is 3.48. The Labute approximate surface area is 229 Å². The maximum absolute atomic E-state index is 6.32. The third kappa shape index (κ3) is 4.15. The molecule has 1 aliphatic rings. The van der Waals surface area contributed by atoms with Gasteiger partial charge in [-0.3, -0.25) is 0 Å². The molecule has 0 saturated carbocycles. The van der Waals surface area contributed by atoms with E-state index in [1.165, 1.54) is 33.4 Å². The highest BCUT2D eigenvalue weighted by Gasteiger charge is 2.34. The number of fused-ring (bicyclic) bond motifs is 2. The average molecular weight is 505 g/mol. The van der Waals surface area contributed by atoms with Gasteiger partial charge in [0, 0.05) is 27.7 Å². The molecule has 7 rings (SSSR count). The molecule has 0 aliphatic carbocycles. The molecule has 2 heterocycles. The molecule has 2 heteroatoms. The maximum atomic E-state index is 6.32. The number of hydrogen-bond acceptors (Lipinski definition) is 2. The molecule has 2 nitrogen and oxygen atoms in total. The van der Waals surface area contributed by atoms with Crippen LogP contribution in [0, 0.1) is 0 Å². The Kier molecular flexibility index (Phi) is 5.49. The first-order chi connectivity index (χ1) is 19.1. The summed E-state index contributed by atoms with van der Waals surface area (Å²) in [5, 5.41) is 0. The fourth-order valence-corrected chi connectivity index (χ4v) is 5.57. The molecule has 0 fully saturated rings. The van der Waals surface area contributed by atoms with E-state index in [2.05, 4.69) is 117 Å². The molecule has 0 N–H and O–H groups in total. The van der Waals surface area contributed by atoms with Gasteiger partial charge in [-0.05, 0) is 46.5 Å². The second-order valence-corrected chi connectivity index (χ2v) is 10.6. The summed E-state index contributed by atoms with van der Waals surface area (Å²) in [4.78, 5) is 0. The van der Waals surface area contributed by atoms with Crippen molar-refractivity contribution in [3.8, 4) is 56.4 Å². The molecule has 6 aromatic rings. The van der Waals surface area contributed by atoms with E-state index < -0.39 is 0 Å². The molecule has 39 heavy (non-hydrogen) atoms. The molecule has 5 aromatic carbocycles. The van der Waals surface area contributed by atoms with Gasteiger partial charge in [0.1, 0.15) is 23.0 Å². The molecule has 0 radical (unpaired) electrons. The summed E-state index contributed by atoms with van der Waals surface area (Å²) in [6.07, 6.45) is 0. The van der Waals surface area contributed by atoms with E-state index in [4.69, 9.17) is 9.15 Å². The summed E-state index contributed by atoms with van der Waals surface area (Å²) in [5.74, 6) is 3.48. The highest BCUT2D eigenvalue weighted by atomic mass is 16.5. The van der Waals surface area contributed by atoms with Crippen molar-refractivity contribution >= 4 is 0 Å². The summed E-state index contributed by atoms with van der Waals surface area (Å²) in [6.45, 7) is 4.50. The van der Waals surface area contributed by atoms with Gasteiger partial charge in [-0.1, -0.05) is 123 Å². The lowest BCUT2D eigenvalue weighted by Crippen LogP contribution is -2.24. The smallest absolute Gasteiger partial charge is 0.134 e. The predicted octanol–water partition coefficient (Wildman–Crippen LogP) is 10.4. The molecule has 188 valence electrons. The second kappa shape index (κ2) is 9.18. The van der Waals surface area contributed by atoms with Crippen LogP contribution in [0.15, 0.2) is 138 Å². The van der Waals surface area contributed by atoms with E-state index in [-0.39, 0.29) is 5.41 Å². The van der Waals surface area contributed by atoms with Crippen LogP contribution in [0.2, 0.25) is 0 Å². The SMILES string of the molecule is CC1(C)c2ccccc2Oc2cc(-c3ccc(-c4ccc(-c5ccc(-c6ccccc6)cc5)cc4)o3)ccc21. The zero-order valence-corrected chi connectivity index (χ0v) is 22.0. The Balaban J connectivity index is 1.13. The van der Waals surface area contributed by atoms with Gasteiger partial charge in [-0.25, -0.2) is 0 Å². The highest BCUT2D eigenvalue weighted by molar-refractivity contribution is 5.73. The van der Waals surface area contributed by atoms with E-state index in [0.29, 0.717) is 0 Å². The largest absolute Gasteiger partial charge is 0.457 e. The standard InChI is InChI=1S/C37H28O2/c1-37(2)31-10-6-7-11-35(31)39-36-24-30(20-21-32(36)37)34-23-22-33(38-34)29-18-16-28(17-19-29)27-14-12-26(13-15-27)25-8-4-3-5-9-25/h3-24H,1-2H3. The first kappa shape index (κ1) is 23.3. The maximum Gasteiger partial charge on any atom is 0.134 e. The van der Waals surface area contributed by atoms with Crippen molar-refractivity contribution in [3.05, 3.63) is 145 Å². The van der Waals surface area contributed by atoms with E-state index in [9.17, 15) is 0 Å². The van der Waals surface area contributed by atoms with Crippen LogP contribution in [0.5, 0.6) is 11.5 Å². The van der Waals surface area contributed by atoms with Crippen LogP contribution in [-0.4, -0.2) is 0 Å². The minimum absolute atomic E-state index is 0.124. The molecule has 0 saturated heterocycles. The van der Waals surface area contributed by atoms with Crippen molar-refractivity contribution in [2.75, 3.05) is 0 Å². The third-order valence-corrected chi connectivity index (χ3v) is 7.82. The number of benzene rings is 5. The van der Waals surface area contributed by atoms with Crippen LogP contribution in [0.1, 0.15) is 25.0 Å². The Bertz CT molecular complexity index is 1770. The summed E-state index contributed by atoms with van der Waals surface area (Å²) in [7, 11) is 0. The van der Waals surface area contributed by atoms with Gasteiger partial charge < -0.3 is 9.15 Å². The molecular formula is C37H28O2.